The standard InChI is InChI=1S/C18H20N6O/c1-23-7-9-24(10-8-23)15-6-5-12(11-20-15)18-21-14-4-2-3-13(17(19)25)16(14)22-18/h2-6,11H,7-10H2,1H3,(H2,19,25)(H,21,22). The fraction of sp³-hybridized carbons (Fsp3) is 0.278. The van der Waals surface area contributed by atoms with Crippen molar-refractivity contribution in [2.45, 2.75) is 0 Å². The molecule has 3 N–H and O–H groups in total. The van der Waals surface area contributed by atoms with Crippen LogP contribution in [0.15, 0.2) is 36.5 Å². The van der Waals surface area contributed by atoms with Gasteiger partial charge in [-0.2, -0.15) is 0 Å². The van der Waals surface area contributed by atoms with E-state index in [0.717, 1.165) is 43.1 Å². The van der Waals surface area contributed by atoms with Gasteiger partial charge in [0.15, 0.2) is 0 Å². The van der Waals surface area contributed by atoms with Crippen molar-refractivity contribution in [1.82, 2.24) is 19.9 Å². The van der Waals surface area contributed by atoms with E-state index in [1.165, 1.54) is 0 Å². The molecule has 0 aliphatic carbocycles. The molecule has 25 heavy (non-hydrogen) atoms. The number of nitrogens with zero attached hydrogens (tertiary/aromatic N) is 4. The topological polar surface area (TPSA) is 91.1 Å². The number of likely N-dealkylation sites (N-methyl/N-ethyl adjacent to an activating group) is 1. The molecule has 1 aliphatic heterocycles. The number of carbonyl (C=O) groups excluding carboxylic acids is 1. The first-order valence-corrected chi connectivity index (χ1v) is 8.30. The number of anilines is 1. The molecule has 1 aromatic carbocycles. The summed E-state index contributed by atoms with van der Waals surface area (Å²) in [6.45, 7) is 4.05. The predicted octanol–water partition coefficient (Wildman–Crippen LogP) is 1.48. The molecular formula is C18H20N6O. The van der Waals surface area contributed by atoms with Crippen molar-refractivity contribution in [2.75, 3.05) is 38.1 Å². The number of aromatic amines is 1. The molecule has 4 rings (SSSR count). The van der Waals surface area contributed by atoms with Crippen molar-refractivity contribution in [3.63, 3.8) is 0 Å². The summed E-state index contributed by atoms with van der Waals surface area (Å²) in [4.78, 5) is 28.5. The van der Waals surface area contributed by atoms with Crippen LogP contribution in [0.4, 0.5) is 5.82 Å². The Balaban J connectivity index is 1.63. The van der Waals surface area contributed by atoms with Crippen LogP contribution < -0.4 is 10.6 Å². The number of nitrogens with two attached hydrogens (primary N) is 1. The number of hydrogen-bond acceptors (Lipinski definition) is 5. The minimum Gasteiger partial charge on any atom is -0.366 e. The van der Waals surface area contributed by atoms with Crippen LogP contribution in [-0.4, -0.2) is 59.0 Å². The zero-order valence-corrected chi connectivity index (χ0v) is 14.1. The number of benzene rings is 1. The number of imidazole rings is 1. The number of primary amides is 1. The molecule has 1 aliphatic rings. The Hall–Kier alpha value is -2.93. The maximum absolute atomic E-state index is 11.6. The largest absolute Gasteiger partial charge is 0.366 e. The second-order valence-corrected chi connectivity index (χ2v) is 6.35. The number of H-pyrrole nitrogens is 1. The van der Waals surface area contributed by atoms with Gasteiger partial charge in [-0.15, -0.1) is 0 Å². The van der Waals surface area contributed by atoms with Gasteiger partial charge in [-0.3, -0.25) is 4.79 Å². The Bertz CT molecular complexity index is 909. The average molecular weight is 336 g/mol. The van der Waals surface area contributed by atoms with E-state index in [1.807, 2.05) is 24.4 Å². The van der Waals surface area contributed by atoms with Gasteiger partial charge >= 0.3 is 0 Å². The van der Waals surface area contributed by atoms with E-state index in [0.29, 0.717) is 16.9 Å². The van der Waals surface area contributed by atoms with Crippen molar-refractivity contribution in [1.29, 1.82) is 0 Å². The number of nitrogens with one attached hydrogen (secondary N) is 1. The molecule has 1 amide bonds. The first-order valence-electron chi connectivity index (χ1n) is 8.30. The first kappa shape index (κ1) is 15.6. The van der Waals surface area contributed by atoms with Crippen LogP contribution in [0.25, 0.3) is 22.4 Å². The molecule has 0 radical (unpaired) electrons. The van der Waals surface area contributed by atoms with Crippen LogP contribution in [0.5, 0.6) is 0 Å². The van der Waals surface area contributed by atoms with Gasteiger partial charge < -0.3 is 20.5 Å². The van der Waals surface area contributed by atoms with Crippen molar-refractivity contribution in [3.05, 3.63) is 42.1 Å². The van der Waals surface area contributed by atoms with Gasteiger partial charge in [0.1, 0.15) is 17.2 Å². The van der Waals surface area contributed by atoms with Gasteiger partial charge in [0.05, 0.1) is 11.1 Å². The normalized spacial score (nSPS) is 15.6. The van der Waals surface area contributed by atoms with E-state index < -0.39 is 5.91 Å². The minimum absolute atomic E-state index is 0.419. The number of rotatable bonds is 3. The zero-order valence-electron chi connectivity index (χ0n) is 14.1. The Kier molecular flexibility index (Phi) is 3.85. The molecule has 0 unspecified atom stereocenters. The van der Waals surface area contributed by atoms with E-state index in [-0.39, 0.29) is 0 Å². The zero-order chi connectivity index (χ0) is 17.4. The van der Waals surface area contributed by atoms with Gasteiger partial charge in [0.2, 0.25) is 0 Å². The fourth-order valence-electron chi connectivity index (χ4n) is 3.12. The van der Waals surface area contributed by atoms with E-state index in [2.05, 4.69) is 31.8 Å². The number of aromatic nitrogens is 3. The molecule has 7 nitrogen and oxygen atoms in total. The Labute approximate surface area is 145 Å². The number of pyridine rings is 1. The van der Waals surface area contributed by atoms with E-state index in [1.54, 1.807) is 12.1 Å². The minimum atomic E-state index is -0.479. The molecule has 3 aromatic rings. The lowest BCUT2D eigenvalue weighted by Gasteiger charge is -2.33. The molecule has 1 fully saturated rings. The monoisotopic (exact) mass is 336 g/mol. The third-order valence-electron chi connectivity index (χ3n) is 4.63. The number of fused-ring (bicyclic) bond motifs is 1. The van der Waals surface area contributed by atoms with Crippen LogP contribution in [0.3, 0.4) is 0 Å². The highest BCUT2D eigenvalue weighted by Crippen LogP contribution is 2.24. The molecule has 0 saturated carbocycles. The van der Waals surface area contributed by atoms with Crippen LogP contribution in [-0.2, 0) is 0 Å². The van der Waals surface area contributed by atoms with Crippen LogP contribution >= 0.6 is 0 Å². The van der Waals surface area contributed by atoms with Crippen molar-refractivity contribution in [3.8, 4) is 11.4 Å². The maximum Gasteiger partial charge on any atom is 0.250 e. The van der Waals surface area contributed by atoms with E-state index >= 15 is 0 Å². The second-order valence-electron chi connectivity index (χ2n) is 6.35. The molecular weight excluding hydrogens is 316 g/mol. The summed E-state index contributed by atoms with van der Waals surface area (Å²) in [6.07, 6.45) is 1.81. The summed E-state index contributed by atoms with van der Waals surface area (Å²) in [6, 6.07) is 9.37. The Morgan fingerprint density at radius 2 is 1.96 bits per heavy atom. The van der Waals surface area contributed by atoms with E-state index in [9.17, 15) is 4.79 Å². The summed E-state index contributed by atoms with van der Waals surface area (Å²) < 4.78 is 0. The molecule has 0 atom stereocenters. The third kappa shape index (κ3) is 2.94. The number of amides is 1. The Morgan fingerprint density at radius 1 is 1.16 bits per heavy atom. The van der Waals surface area contributed by atoms with Crippen molar-refractivity contribution < 1.29 is 4.79 Å². The molecule has 0 bridgehead atoms. The Morgan fingerprint density at radius 3 is 2.64 bits per heavy atom. The maximum atomic E-state index is 11.6. The summed E-state index contributed by atoms with van der Waals surface area (Å²) in [5.41, 5.74) is 8.10. The lowest BCUT2D eigenvalue weighted by molar-refractivity contribution is 0.100. The highest BCUT2D eigenvalue weighted by molar-refractivity contribution is 6.04. The number of hydrogen-bond donors (Lipinski definition) is 2. The first-order chi connectivity index (χ1) is 12.1. The molecule has 0 spiro atoms. The average Bonchev–Trinajstić information content (AvgIpc) is 3.06. The van der Waals surface area contributed by atoms with Crippen molar-refractivity contribution in [2.24, 2.45) is 5.73 Å². The highest BCUT2D eigenvalue weighted by Gasteiger charge is 2.16. The number of carbonyl (C=O) groups is 1. The van der Waals surface area contributed by atoms with Crippen molar-refractivity contribution >= 4 is 22.8 Å². The highest BCUT2D eigenvalue weighted by atomic mass is 16.1. The number of piperazine rings is 1. The van der Waals surface area contributed by atoms with Gasteiger partial charge in [-0.1, -0.05) is 6.07 Å². The van der Waals surface area contributed by atoms with Gasteiger partial charge in [-0.05, 0) is 31.3 Å². The second kappa shape index (κ2) is 6.18. The predicted molar refractivity (Wildman–Crippen MR) is 97.6 cm³/mol. The third-order valence-corrected chi connectivity index (χ3v) is 4.63. The quantitative estimate of drug-likeness (QED) is 0.756. The van der Waals surface area contributed by atoms with Gasteiger partial charge in [0.25, 0.3) is 5.91 Å². The molecule has 128 valence electrons. The smallest absolute Gasteiger partial charge is 0.250 e. The SMILES string of the molecule is CN1CCN(c2ccc(-c3nc4c(C(N)=O)cccc4[nH]3)cn2)CC1. The summed E-state index contributed by atoms with van der Waals surface area (Å²) in [5, 5.41) is 0. The molecule has 3 heterocycles. The fourth-order valence-corrected chi connectivity index (χ4v) is 3.12. The summed E-state index contributed by atoms with van der Waals surface area (Å²) in [7, 11) is 2.13. The van der Waals surface area contributed by atoms with Crippen LogP contribution in [0.2, 0.25) is 0 Å². The van der Waals surface area contributed by atoms with Crippen LogP contribution in [0.1, 0.15) is 10.4 Å². The lowest BCUT2D eigenvalue weighted by Crippen LogP contribution is -2.44. The molecule has 7 heteroatoms. The van der Waals surface area contributed by atoms with Gasteiger partial charge in [-0.25, -0.2) is 9.97 Å². The lowest BCUT2D eigenvalue weighted by atomic mass is 10.2. The summed E-state index contributed by atoms with van der Waals surface area (Å²) in [5.74, 6) is 1.18. The summed E-state index contributed by atoms with van der Waals surface area (Å²) >= 11 is 0. The van der Waals surface area contributed by atoms with Gasteiger partial charge in [0, 0.05) is 37.9 Å². The molecule has 1 saturated heterocycles. The number of para-hydroxylation sites is 1. The van der Waals surface area contributed by atoms with E-state index in [4.69, 9.17) is 5.73 Å². The molecule has 2 aromatic heterocycles. The van der Waals surface area contributed by atoms with Crippen LogP contribution in [0, 0.1) is 0 Å².